The Hall–Kier alpha value is -2.27. The van der Waals surface area contributed by atoms with Crippen molar-refractivity contribution in [3.8, 4) is 0 Å². The fourth-order valence-corrected chi connectivity index (χ4v) is 1.78. The molecule has 0 aromatic heterocycles. The second-order valence-corrected chi connectivity index (χ2v) is 4.31. The maximum Gasteiger partial charge on any atom is 0.255 e. The van der Waals surface area contributed by atoms with Gasteiger partial charge in [-0.1, -0.05) is 12.1 Å². The number of halogens is 2. The van der Waals surface area contributed by atoms with Crippen LogP contribution in [0.2, 0.25) is 0 Å². The number of hydrogen-bond acceptors (Lipinski definition) is 2. The molecule has 20 heavy (non-hydrogen) atoms. The molecule has 2 rings (SSSR count). The molecule has 0 radical (unpaired) electrons. The highest BCUT2D eigenvalue weighted by Gasteiger charge is 2.10. The molecular formula is C15H14F2N2O. The van der Waals surface area contributed by atoms with Gasteiger partial charge in [-0.25, -0.2) is 8.78 Å². The summed E-state index contributed by atoms with van der Waals surface area (Å²) in [4.78, 5) is 11.9. The first-order valence-electron chi connectivity index (χ1n) is 6.15. The Morgan fingerprint density at radius 3 is 2.45 bits per heavy atom. The minimum Gasteiger partial charge on any atom is -0.330 e. The van der Waals surface area contributed by atoms with Crippen molar-refractivity contribution in [3.05, 3.63) is 65.2 Å². The molecule has 0 unspecified atom stereocenters. The minimum atomic E-state index is -0.681. The molecule has 0 atom stereocenters. The molecule has 0 aliphatic rings. The van der Waals surface area contributed by atoms with Gasteiger partial charge in [-0.2, -0.15) is 0 Å². The molecule has 0 saturated heterocycles. The lowest BCUT2D eigenvalue weighted by Crippen LogP contribution is -2.13. The molecule has 0 aliphatic heterocycles. The SMILES string of the molecule is NCCc1ccc(C(=O)Nc2cc(F)ccc2F)cc1. The number of hydrogen-bond donors (Lipinski definition) is 2. The maximum absolute atomic E-state index is 13.4. The van der Waals surface area contributed by atoms with E-state index in [1.54, 1.807) is 24.3 Å². The monoisotopic (exact) mass is 276 g/mol. The maximum atomic E-state index is 13.4. The Morgan fingerprint density at radius 1 is 1.10 bits per heavy atom. The Balaban J connectivity index is 2.13. The van der Waals surface area contributed by atoms with Gasteiger partial charge >= 0.3 is 0 Å². The fraction of sp³-hybridized carbons (Fsp3) is 0.133. The van der Waals surface area contributed by atoms with Gasteiger partial charge in [-0.05, 0) is 42.8 Å². The number of carbonyl (C=O) groups is 1. The van der Waals surface area contributed by atoms with Crippen LogP contribution in [0.15, 0.2) is 42.5 Å². The lowest BCUT2D eigenvalue weighted by Gasteiger charge is -2.07. The summed E-state index contributed by atoms with van der Waals surface area (Å²) >= 11 is 0. The van der Waals surface area contributed by atoms with Crippen molar-refractivity contribution in [1.82, 2.24) is 0 Å². The van der Waals surface area contributed by atoms with E-state index >= 15 is 0 Å². The second-order valence-electron chi connectivity index (χ2n) is 4.31. The first-order valence-corrected chi connectivity index (χ1v) is 6.15. The van der Waals surface area contributed by atoms with E-state index in [0.717, 1.165) is 30.2 Å². The third kappa shape index (κ3) is 3.39. The highest BCUT2D eigenvalue weighted by molar-refractivity contribution is 6.04. The fourth-order valence-electron chi connectivity index (χ4n) is 1.78. The largest absolute Gasteiger partial charge is 0.330 e. The van der Waals surface area contributed by atoms with Crippen molar-refractivity contribution in [2.24, 2.45) is 5.73 Å². The number of anilines is 1. The Labute approximate surface area is 115 Å². The van der Waals surface area contributed by atoms with Crippen molar-refractivity contribution in [2.45, 2.75) is 6.42 Å². The van der Waals surface area contributed by atoms with Crippen LogP contribution in [-0.4, -0.2) is 12.5 Å². The molecule has 2 aromatic rings. The molecule has 0 fully saturated rings. The lowest BCUT2D eigenvalue weighted by molar-refractivity contribution is 0.102. The van der Waals surface area contributed by atoms with Gasteiger partial charge in [0.2, 0.25) is 0 Å². The summed E-state index contributed by atoms with van der Waals surface area (Å²) in [6, 6.07) is 9.71. The van der Waals surface area contributed by atoms with Crippen molar-refractivity contribution >= 4 is 11.6 Å². The van der Waals surface area contributed by atoms with Crippen LogP contribution in [-0.2, 0) is 6.42 Å². The Morgan fingerprint density at radius 2 is 1.80 bits per heavy atom. The third-order valence-electron chi connectivity index (χ3n) is 2.83. The first kappa shape index (κ1) is 14.1. The number of nitrogens with one attached hydrogen (secondary N) is 1. The zero-order valence-corrected chi connectivity index (χ0v) is 10.7. The smallest absolute Gasteiger partial charge is 0.255 e. The average Bonchev–Trinajstić information content (AvgIpc) is 2.44. The number of benzene rings is 2. The van der Waals surface area contributed by atoms with Crippen molar-refractivity contribution in [2.75, 3.05) is 11.9 Å². The highest BCUT2D eigenvalue weighted by atomic mass is 19.1. The summed E-state index contributed by atoms with van der Waals surface area (Å²) in [6.07, 6.45) is 0.723. The van der Waals surface area contributed by atoms with E-state index in [4.69, 9.17) is 5.73 Å². The van der Waals surface area contributed by atoms with E-state index in [1.807, 2.05) is 0 Å². The van der Waals surface area contributed by atoms with Crippen LogP contribution >= 0.6 is 0 Å². The van der Waals surface area contributed by atoms with Crippen molar-refractivity contribution in [3.63, 3.8) is 0 Å². The molecule has 0 saturated carbocycles. The minimum absolute atomic E-state index is 0.180. The van der Waals surface area contributed by atoms with Gasteiger partial charge in [0, 0.05) is 11.6 Å². The van der Waals surface area contributed by atoms with Crippen LogP contribution in [0.3, 0.4) is 0 Å². The lowest BCUT2D eigenvalue weighted by atomic mass is 10.1. The summed E-state index contributed by atoms with van der Waals surface area (Å²) in [5, 5.41) is 2.34. The molecule has 0 aliphatic carbocycles. The molecule has 0 bridgehead atoms. The van der Waals surface area contributed by atoms with Gasteiger partial charge in [-0.3, -0.25) is 4.79 Å². The summed E-state index contributed by atoms with van der Waals surface area (Å²) in [5.74, 6) is -1.78. The van der Waals surface area contributed by atoms with Crippen molar-refractivity contribution in [1.29, 1.82) is 0 Å². The van der Waals surface area contributed by atoms with Crippen LogP contribution < -0.4 is 11.1 Å². The van der Waals surface area contributed by atoms with Crippen LogP contribution in [0.1, 0.15) is 15.9 Å². The van der Waals surface area contributed by atoms with Crippen LogP contribution in [0.4, 0.5) is 14.5 Å². The second kappa shape index (κ2) is 6.25. The molecule has 3 nitrogen and oxygen atoms in total. The molecular weight excluding hydrogens is 262 g/mol. The molecule has 5 heteroatoms. The predicted octanol–water partition coefficient (Wildman–Crippen LogP) is 2.72. The zero-order valence-electron chi connectivity index (χ0n) is 10.7. The van der Waals surface area contributed by atoms with Gasteiger partial charge < -0.3 is 11.1 Å². The molecule has 0 heterocycles. The molecule has 104 valence electrons. The molecule has 1 amide bonds. The average molecular weight is 276 g/mol. The molecule has 2 aromatic carbocycles. The number of rotatable bonds is 4. The number of nitrogens with two attached hydrogens (primary N) is 1. The van der Waals surface area contributed by atoms with Gasteiger partial charge in [-0.15, -0.1) is 0 Å². The van der Waals surface area contributed by atoms with E-state index < -0.39 is 17.5 Å². The quantitative estimate of drug-likeness (QED) is 0.902. The van der Waals surface area contributed by atoms with Crippen LogP contribution in [0.5, 0.6) is 0 Å². The van der Waals surface area contributed by atoms with E-state index in [9.17, 15) is 13.6 Å². The van der Waals surface area contributed by atoms with Gasteiger partial charge in [0.25, 0.3) is 5.91 Å². The summed E-state index contributed by atoms with van der Waals surface area (Å²) in [5.41, 5.74) is 6.64. The zero-order chi connectivity index (χ0) is 14.5. The van der Waals surface area contributed by atoms with Gasteiger partial charge in [0.1, 0.15) is 11.6 Å². The van der Waals surface area contributed by atoms with Crippen molar-refractivity contribution < 1.29 is 13.6 Å². The van der Waals surface area contributed by atoms with E-state index in [0.29, 0.717) is 12.1 Å². The Bertz CT molecular complexity index is 612. The number of amides is 1. The highest BCUT2D eigenvalue weighted by Crippen LogP contribution is 2.16. The van der Waals surface area contributed by atoms with E-state index in [2.05, 4.69) is 5.32 Å². The van der Waals surface area contributed by atoms with Gasteiger partial charge in [0.05, 0.1) is 5.69 Å². The summed E-state index contributed by atoms with van der Waals surface area (Å²) in [7, 11) is 0. The third-order valence-corrected chi connectivity index (χ3v) is 2.83. The number of carbonyl (C=O) groups excluding carboxylic acids is 1. The summed E-state index contributed by atoms with van der Waals surface area (Å²) < 4.78 is 26.4. The summed E-state index contributed by atoms with van der Waals surface area (Å²) in [6.45, 7) is 0.528. The standard InChI is InChI=1S/C15H14F2N2O/c16-12-5-6-13(17)14(9-12)19-15(20)11-3-1-10(2-4-11)7-8-18/h1-6,9H,7-8,18H2,(H,19,20). The Kier molecular flexibility index (Phi) is 4.42. The van der Waals surface area contributed by atoms with E-state index in [-0.39, 0.29) is 5.69 Å². The van der Waals surface area contributed by atoms with Gasteiger partial charge in [0.15, 0.2) is 0 Å². The molecule has 0 spiro atoms. The van der Waals surface area contributed by atoms with Crippen LogP contribution in [0, 0.1) is 11.6 Å². The first-order chi connectivity index (χ1) is 9.60. The van der Waals surface area contributed by atoms with E-state index in [1.165, 1.54) is 0 Å². The topological polar surface area (TPSA) is 55.1 Å². The molecule has 3 N–H and O–H groups in total. The normalized spacial score (nSPS) is 10.3. The van der Waals surface area contributed by atoms with Crippen LogP contribution in [0.25, 0.3) is 0 Å². The predicted molar refractivity (Wildman–Crippen MR) is 73.5 cm³/mol.